The SMILES string of the molecule is CC(C)n1c(SCc2ccc(F)cc2N)n[nH]c1=O. The predicted molar refractivity (Wildman–Crippen MR) is 73.6 cm³/mol. The van der Waals surface area contributed by atoms with Crippen LogP contribution in [-0.2, 0) is 5.75 Å². The molecule has 0 aliphatic rings. The van der Waals surface area contributed by atoms with Crippen LogP contribution in [0.5, 0.6) is 0 Å². The van der Waals surface area contributed by atoms with E-state index in [0.717, 1.165) is 5.56 Å². The van der Waals surface area contributed by atoms with Crippen LogP contribution in [0.1, 0.15) is 25.5 Å². The monoisotopic (exact) mass is 282 g/mol. The summed E-state index contributed by atoms with van der Waals surface area (Å²) in [4.78, 5) is 11.6. The molecule has 0 fully saturated rings. The number of aromatic nitrogens is 3. The second-order valence-corrected chi connectivity index (χ2v) is 5.35. The normalized spacial score (nSPS) is 11.2. The highest BCUT2D eigenvalue weighted by Gasteiger charge is 2.12. The molecule has 0 bridgehead atoms. The molecule has 0 radical (unpaired) electrons. The van der Waals surface area contributed by atoms with Crippen molar-refractivity contribution in [2.75, 3.05) is 5.73 Å². The number of rotatable bonds is 4. The zero-order chi connectivity index (χ0) is 14.0. The van der Waals surface area contributed by atoms with Crippen molar-refractivity contribution in [3.05, 3.63) is 40.1 Å². The summed E-state index contributed by atoms with van der Waals surface area (Å²) in [5.41, 5.74) is 6.73. The Labute approximate surface area is 114 Å². The molecule has 0 unspecified atom stereocenters. The summed E-state index contributed by atoms with van der Waals surface area (Å²) in [5.74, 6) is 0.174. The number of anilines is 1. The van der Waals surface area contributed by atoms with E-state index in [-0.39, 0.29) is 17.5 Å². The summed E-state index contributed by atoms with van der Waals surface area (Å²) in [6.45, 7) is 3.82. The molecule has 3 N–H and O–H groups in total. The number of thioether (sulfide) groups is 1. The smallest absolute Gasteiger partial charge is 0.344 e. The van der Waals surface area contributed by atoms with Gasteiger partial charge in [0.25, 0.3) is 0 Å². The third-order valence-electron chi connectivity index (χ3n) is 2.65. The van der Waals surface area contributed by atoms with Gasteiger partial charge in [-0.25, -0.2) is 14.3 Å². The lowest BCUT2D eigenvalue weighted by Gasteiger charge is -2.09. The largest absolute Gasteiger partial charge is 0.398 e. The predicted octanol–water partition coefficient (Wildman–Crippen LogP) is 2.17. The molecule has 1 aromatic carbocycles. The summed E-state index contributed by atoms with van der Waals surface area (Å²) < 4.78 is 14.5. The van der Waals surface area contributed by atoms with Crippen molar-refractivity contribution >= 4 is 17.4 Å². The minimum absolute atomic E-state index is 0.0271. The molecular formula is C12H15FN4OS. The van der Waals surface area contributed by atoms with E-state index in [4.69, 9.17) is 5.73 Å². The molecule has 0 aliphatic heterocycles. The van der Waals surface area contributed by atoms with Crippen LogP contribution in [0.2, 0.25) is 0 Å². The number of hydrogen-bond acceptors (Lipinski definition) is 4. The summed E-state index contributed by atoms with van der Waals surface area (Å²) in [5, 5.41) is 7.00. The molecule has 5 nitrogen and oxygen atoms in total. The second kappa shape index (κ2) is 5.48. The molecule has 2 rings (SSSR count). The molecular weight excluding hydrogens is 267 g/mol. The van der Waals surface area contributed by atoms with Crippen molar-refractivity contribution < 1.29 is 4.39 Å². The van der Waals surface area contributed by atoms with Gasteiger partial charge in [0.05, 0.1) is 0 Å². The number of nitrogens with two attached hydrogens (primary N) is 1. The fraction of sp³-hybridized carbons (Fsp3) is 0.333. The van der Waals surface area contributed by atoms with Crippen LogP contribution in [0.25, 0.3) is 0 Å². The van der Waals surface area contributed by atoms with Gasteiger partial charge >= 0.3 is 5.69 Å². The Morgan fingerprint density at radius 3 is 2.89 bits per heavy atom. The van der Waals surface area contributed by atoms with Crippen LogP contribution >= 0.6 is 11.8 Å². The van der Waals surface area contributed by atoms with Gasteiger partial charge in [-0.1, -0.05) is 17.8 Å². The average molecular weight is 282 g/mol. The summed E-state index contributed by atoms with van der Waals surface area (Å²) in [6, 6.07) is 4.32. The fourth-order valence-corrected chi connectivity index (χ4v) is 2.78. The zero-order valence-corrected chi connectivity index (χ0v) is 11.5. The maximum atomic E-state index is 12.9. The molecule has 0 saturated carbocycles. The Bertz CT molecular complexity index is 635. The molecule has 1 aromatic heterocycles. The standard InChI is InChI=1S/C12H15FN4OS/c1-7(2)17-11(18)15-16-12(17)19-6-8-3-4-9(13)5-10(8)14/h3-5,7H,6,14H2,1-2H3,(H,15,18). The molecule has 102 valence electrons. The zero-order valence-electron chi connectivity index (χ0n) is 10.7. The highest BCUT2D eigenvalue weighted by Crippen LogP contribution is 2.25. The van der Waals surface area contributed by atoms with E-state index in [2.05, 4.69) is 10.2 Å². The Morgan fingerprint density at radius 2 is 2.26 bits per heavy atom. The van der Waals surface area contributed by atoms with Gasteiger partial charge in [0.2, 0.25) is 0 Å². The van der Waals surface area contributed by atoms with Crippen LogP contribution in [0, 0.1) is 5.82 Å². The first-order valence-corrected chi connectivity index (χ1v) is 6.81. The molecule has 0 amide bonds. The quantitative estimate of drug-likeness (QED) is 0.665. The van der Waals surface area contributed by atoms with Gasteiger partial charge in [0, 0.05) is 17.5 Å². The first-order chi connectivity index (χ1) is 8.99. The lowest BCUT2D eigenvalue weighted by molar-refractivity contribution is 0.534. The van der Waals surface area contributed by atoms with E-state index in [1.165, 1.54) is 23.9 Å². The van der Waals surface area contributed by atoms with Crippen molar-refractivity contribution in [3.8, 4) is 0 Å². The Kier molecular flexibility index (Phi) is 3.94. The molecule has 0 atom stereocenters. The number of benzene rings is 1. The van der Waals surface area contributed by atoms with Crippen LogP contribution in [0.4, 0.5) is 10.1 Å². The topological polar surface area (TPSA) is 76.7 Å². The third-order valence-corrected chi connectivity index (χ3v) is 3.65. The van der Waals surface area contributed by atoms with Crippen molar-refractivity contribution in [1.82, 2.24) is 14.8 Å². The molecule has 2 aromatic rings. The third kappa shape index (κ3) is 2.98. The van der Waals surface area contributed by atoms with E-state index in [1.54, 1.807) is 10.6 Å². The van der Waals surface area contributed by atoms with Crippen molar-refractivity contribution in [3.63, 3.8) is 0 Å². The molecule has 0 aliphatic carbocycles. The second-order valence-electron chi connectivity index (χ2n) is 4.41. The Morgan fingerprint density at radius 1 is 1.53 bits per heavy atom. The average Bonchev–Trinajstić information content (AvgIpc) is 2.69. The molecule has 7 heteroatoms. The van der Waals surface area contributed by atoms with E-state index < -0.39 is 0 Å². The van der Waals surface area contributed by atoms with E-state index in [0.29, 0.717) is 16.6 Å². The van der Waals surface area contributed by atoms with E-state index in [9.17, 15) is 9.18 Å². The first-order valence-electron chi connectivity index (χ1n) is 5.82. The lowest BCUT2D eigenvalue weighted by Crippen LogP contribution is -2.19. The summed E-state index contributed by atoms with van der Waals surface area (Å²) in [7, 11) is 0. The molecule has 1 heterocycles. The van der Waals surface area contributed by atoms with Crippen LogP contribution < -0.4 is 11.4 Å². The lowest BCUT2D eigenvalue weighted by atomic mass is 10.2. The highest BCUT2D eigenvalue weighted by atomic mass is 32.2. The maximum Gasteiger partial charge on any atom is 0.344 e. The van der Waals surface area contributed by atoms with Crippen molar-refractivity contribution in [2.45, 2.75) is 30.8 Å². The van der Waals surface area contributed by atoms with Crippen LogP contribution in [0.3, 0.4) is 0 Å². The van der Waals surface area contributed by atoms with Crippen molar-refractivity contribution in [1.29, 1.82) is 0 Å². The maximum absolute atomic E-state index is 12.9. The Hall–Kier alpha value is -1.76. The molecule has 0 spiro atoms. The Balaban J connectivity index is 2.17. The minimum Gasteiger partial charge on any atom is -0.398 e. The number of aromatic amines is 1. The number of nitrogen functional groups attached to an aromatic ring is 1. The van der Waals surface area contributed by atoms with Gasteiger partial charge in [-0.05, 0) is 31.5 Å². The number of nitrogens with zero attached hydrogens (tertiary/aromatic N) is 2. The van der Waals surface area contributed by atoms with Gasteiger partial charge in [0.15, 0.2) is 5.16 Å². The van der Waals surface area contributed by atoms with Gasteiger partial charge in [-0.2, -0.15) is 0 Å². The van der Waals surface area contributed by atoms with E-state index in [1.807, 2.05) is 13.8 Å². The van der Waals surface area contributed by atoms with Crippen LogP contribution in [-0.4, -0.2) is 14.8 Å². The van der Waals surface area contributed by atoms with Crippen LogP contribution in [0.15, 0.2) is 28.2 Å². The van der Waals surface area contributed by atoms with E-state index >= 15 is 0 Å². The van der Waals surface area contributed by atoms with Gasteiger partial charge in [-0.15, -0.1) is 5.10 Å². The first kappa shape index (κ1) is 13.7. The molecule has 0 saturated heterocycles. The van der Waals surface area contributed by atoms with Gasteiger partial charge < -0.3 is 5.73 Å². The summed E-state index contributed by atoms with van der Waals surface area (Å²) >= 11 is 1.39. The summed E-state index contributed by atoms with van der Waals surface area (Å²) in [6.07, 6.45) is 0. The molecule has 19 heavy (non-hydrogen) atoms. The number of hydrogen-bond donors (Lipinski definition) is 2. The number of H-pyrrole nitrogens is 1. The van der Waals surface area contributed by atoms with Crippen molar-refractivity contribution in [2.24, 2.45) is 0 Å². The van der Waals surface area contributed by atoms with Gasteiger partial charge in [0.1, 0.15) is 5.82 Å². The minimum atomic E-state index is -0.356. The number of nitrogens with one attached hydrogen (secondary N) is 1. The number of halogens is 1. The highest BCUT2D eigenvalue weighted by molar-refractivity contribution is 7.98. The van der Waals surface area contributed by atoms with Gasteiger partial charge in [-0.3, -0.25) is 4.57 Å². The fourth-order valence-electron chi connectivity index (χ4n) is 1.69.